The molecule has 1 saturated heterocycles. The van der Waals surface area contributed by atoms with E-state index in [0.717, 1.165) is 17.1 Å². The molecule has 1 aliphatic carbocycles. The fourth-order valence-electron chi connectivity index (χ4n) is 4.09. The Morgan fingerprint density at radius 3 is 2.78 bits per heavy atom. The Kier molecular flexibility index (Phi) is 5.26. The summed E-state index contributed by atoms with van der Waals surface area (Å²) in [6.45, 7) is 5.21. The van der Waals surface area contributed by atoms with Crippen LogP contribution in [0.2, 0.25) is 0 Å². The summed E-state index contributed by atoms with van der Waals surface area (Å²) in [4.78, 5) is 23.1. The molecule has 1 saturated carbocycles. The lowest BCUT2D eigenvalue weighted by molar-refractivity contribution is -0.119. The van der Waals surface area contributed by atoms with Crippen LogP contribution in [0.4, 0.5) is 0 Å². The van der Waals surface area contributed by atoms with Gasteiger partial charge in [-0.2, -0.15) is 0 Å². The number of carbonyl (C=O) groups excluding carboxylic acids is 1. The van der Waals surface area contributed by atoms with Crippen molar-refractivity contribution in [2.24, 2.45) is 0 Å². The van der Waals surface area contributed by atoms with E-state index >= 15 is 0 Å². The second-order valence-corrected chi connectivity index (χ2v) is 6.93. The predicted molar refractivity (Wildman–Crippen MR) is 89.8 cm³/mol. The zero-order valence-electron chi connectivity index (χ0n) is 14.3. The Hall–Kier alpha value is -1.49. The Labute approximate surface area is 138 Å². The first kappa shape index (κ1) is 16.4. The lowest BCUT2D eigenvalue weighted by Gasteiger charge is -2.36. The number of hydrogen-bond acceptors (Lipinski definition) is 4. The first-order chi connectivity index (χ1) is 11.1. The van der Waals surface area contributed by atoms with E-state index in [9.17, 15) is 4.79 Å². The smallest absolute Gasteiger partial charge is 0.217 e. The van der Waals surface area contributed by atoms with Crippen LogP contribution in [-0.2, 0) is 11.3 Å². The minimum atomic E-state index is -0.00733. The lowest BCUT2D eigenvalue weighted by Crippen LogP contribution is -2.37. The van der Waals surface area contributed by atoms with Gasteiger partial charge in [-0.3, -0.25) is 9.69 Å². The number of nitrogens with one attached hydrogen (secondary N) is 1. The van der Waals surface area contributed by atoms with E-state index < -0.39 is 0 Å². The summed E-state index contributed by atoms with van der Waals surface area (Å²) in [7, 11) is 0. The molecule has 3 rings (SSSR count). The van der Waals surface area contributed by atoms with E-state index in [2.05, 4.69) is 15.2 Å². The molecule has 2 fully saturated rings. The normalized spacial score (nSPS) is 23.1. The highest BCUT2D eigenvalue weighted by atomic mass is 16.1. The lowest BCUT2D eigenvalue weighted by atomic mass is 9.93. The molecule has 23 heavy (non-hydrogen) atoms. The summed E-state index contributed by atoms with van der Waals surface area (Å²) >= 11 is 0. The van der Waals surface area contributed by atoms with Crippen LogP contribution in [0.15, 0.2) is 6.20 Å². The minimum Gasteiger partial charge on any atom is -0.352 e. The second kappa shape index (κ2) is 7.39. The number of hydrogen-bond donors (Lipinski definition) is 1. The average Bonchev–Trinajstić information content (AvgIpc) is 3.03. The van der Waals surface area contributed by atoms with Crippen molar-refractivity contribution in [2.45, 2.75) is 77.4 Å². The van der Waals surface area contributed by atoms with Crippen molar-refractivity contribution in [3.05, 3.63) is 23.3 Å². The van der Waals surface area contributed by atoms with Gasteiger partial charge in [-0.05, 0) is 39.2 Å². The van der Waals surface area contributed by atoms with Crippen LogP contribution in [0.25, 0.3) is 0 Å². The second-order valence-electron chi connectivity index (χ2n) is 6.93. The molecule has 0 aromatic carbocycles. The van der Waals surface area contributed by atoms with Crippen molar-refractivity contribution in [2.75, 3.05) is 6.54 Å². The van der Waals surface area contributed by atoms with Crippen molar-refractivity contribution in [1.82, 2.24) is 20.2 Å². The van der Waals surface area contributed by atoms with E-state index in [-0.39, 0.29) is 5.91 Å². The third-order valence-corrected chi connectivity index (χ3v) is 5.20. The Bertz CT molecular complexity index is 554. The fraction of sp³-hybridized carbons (Fsp3) is 0.722. The third-order valence-electron chi connectivity index (χ3n) is 5.20. The first-order valence-corrected chi connectivity index (χ1v) is 8.97. The van der Waals surface area contributed by atoms with Crippen molar-refractivity contribution in [1.29, 1.82) is 0 Å². The van der Waals surface area contributed by atoms with Gasteiger partial charge >= 0.3 is 0 Å². The van der Waals surface area contributed by atoms with E-state index in [1.807, 2.05) is 13.1 Å². The number of likely N-dealkylation sites (tertiary alicyclic amines) is 1. The molecule has 1 aliphatic heterocycles. The highest BCUT2D eigenvalue weighted by Crippen LogP contribution is 2.37. The number of amides is 1. The molecule has 126 valence electrons. The summed E-state index contributed by atoms with van der Waals surface area (Å²) in [5.41, 5.74) is 2.20. The van der Waals surface area contributed by atoms with Crippen molar-refractivity contribution >= 4 is 5.91 Å². The highest BCUT2D eigenvalue weighted by molar-refractivity contribution is 5.72. The Balaban J connectivity index is 1.83. The van der Waals surface area contributed by atoms with Crippen LogP contribution in [0.5, 0.6) is 0 Å². The molecule has 1 atom stereocenters. The highest BCUT2D eigenvalue weighted by Gasteiger charge is 2.34. The molecule has 5 nitrogen and oxygen atoms in total. The zero-order valence-corrected chi connectivity index (χ0v) is 14.3. The van der Waals surface area contributed by atoms with Crippen molar-refractivity contribution < 1.29 is 4.79 Å². The van der Waals surface area contributed by atoms with Crippen LogP contribution in [0.3, 0.4) is 0 Å². The molecule has 0 radical (unpaired) electrons. The van der Waals surface area contributed by atoms with Gasteiger partial charge < -0.3 is 5.32 Å². The summed E-state index contributed by atoms with van der Waals surface area (Å²) in [6, 6.07) is 1.10. The molecule has 0 spiro atoms. The van der Waals surface area contributed by atoms with E-state index in [1.54, 1.807) is 6.92 Å². The van der Waals surface area contributed by atoms with E-state index in [4.69, 9.17) is 4.98 Å². The van der Waals surface area contributed by atoms with Crippen LogP contribution in [0.1, 0.15) is 75.0 Å². The van der Waals surface area contributed by atoms with Crippen molar-refractivity contribution in [3.8, 4) is 0 Å². The van der Waals surface area contributed by atoms with Gasteiger partial charge in [-0.1, -0.05) is 19.3 Å². The molecule has 0 unspecified atom stereocenters. The van der Waals surface area contributed by atoms with Gasteiger partial charge in [-0.25, -0.2) is 9.97 Å². The number of rotatable bonds is 4. The van der Waals surface area contributed by atoms with Crippen LogP contribution in [0, 0.1) is 6.92 Å². The topological polar surface area (TPSA) is 58.1 Å². The van der Waals surface area contributed by atoms with Gasteiger partial charge in [0.25, 0.3) is 0 Å². The maximum Gasteiger partial charge on any atom is 0.217 e. The molecule has 2 aliphatic rings. The molecular weight excluding hydrogens is 288 g/mol. The van der Waals surface area contributed by atoms with E-state index in [0.29, 0.717) is 18.6 Å². The maximum atomic E-state index is 11.3. The first-order valence-electron chi connectivity index (χ1n) is 8.97. The van der Waals surface area contributed by atoms with E-state index in [1.165, 1.54) is 51.5 Å². The minimum absolute atomic E-state index is 0.00733. The molecule has 1 aromatic rings. The van der Waals surface area contributed by atoms with Gasteiger partial charge in [0.1, 0.15) is 5.82 Å². The number of aromatic nitrogens is 2. The summed E-state index contributed by atoms with van der Waals surface area (Å²) in [5, 5.41) is 2.90. The van der Waals surface area contributed by atoms with Crippen molar-refractivity contribution in [3.63, 3.8) is 0 Å². The molecule has 2 heterocycles. The number of nitrogens with zero attached hydrogens (tertiary/aromatic N) is 3. The van der Waals surface area contributed by atoms with Gasteiger partial charge in [0.05, 0.1) is 11.7 Å². The molecule has 1 amide bonds. The van der Waals surface area contributed by atoms with Gasteiger partial charge in [0, 0.05) is 31.3 Å². The summed E-state index contributed by atoms with van der Waals surface area (Å²) in [5.74, 6) is 0.814. The average molecular weight is 316 g/mol. The molecule has 5 heteroatoms. The summed E-state index contributed by atoms with van der Waals surface area (Å²) < 4.78 is 0. The monoisotopic (exact) mass is 316 g/mol. The van der Waals surface area contributed by atoms with Crippen LogP contribution in [-0.4, -0.2) is 33.4 Å². The predicted octanol–water partition coefficient (Wildman–Crippen LogP) is 2.89. The standard InChI is InChI=1S/C18H28N4O/c1-13-19-11-15(12-20-14(2)23)18(21-13)17-9-6-10-22(17)16-7-4-3-5-8-16/h11,16-17H,3-10,12H2,1-2H3,(H,20,23)/t17-/m0/s1. The largest absolute Gasteiger partial charge is 0.352 e. The number of aryl methyl sites for hydroxylation is 1. The SMILES string of the molecule is CC(=O)NCc1cnc(C)nc1[C@@H]1CCCN1C1CCCCC1. The zero-order chi connectivity index (χ0) is 16.2. The molecule has 1 aromatic heterocycles. The number of carbonyl (C=O) groups is 1. The molecule has 0 bridgehead atoms. The maximum absolute atomic E-state index is 11.3. The molecular formula is C18H28N4O. The Morgan fingerprint density at radius 1 is 1.26 bits per heavy atom. The van der Waals surface area contributed by atoms with Crippen LogP contribution < -0.4 is 5.32 Å². The quantitative estimate of drug-likeness (QED) is 0.928. The fourth-order valence-corrected chi connectivity index (χ4v) is 4.09. The summed E-state index contributed by atoms with van der Waals surface area (Å²) in [6.07, 6.45) is 11.0. The van der Waals surface area contributed by atoms with Gasteiger partial charge in [0.15, 0.2) is 0 Å². The molecule has 1 N–H and O–H groups in total. The van der Waals surface area contributed by atoms with Crippen LogP contribution >= 0.6 is 0 Å². The van der Waals surface area contributed by atoms with Gasteiger partial charge in [-0.15, -0.1) is 0 Å². The third kappa shape index (κ3) is 3.89. The Morgan fingerprint density at radius 2 is 2.04 bits per heavy atom. The van der Waals surface area contributed by atoms with Gasteiger partial charge in [0.2, 0.25) is 5.91 Å².